The third kappa shape index (κ3) is 1.48. The molecule has 1 heteroatoms. The van der Waals surface area contributed by atoms with Crippen LogP contribution >= 0.6 is 0 Å². The molecule has 1 nitrogen and oxygen atoms in total. The average Bonchev–Trinajstić information content (AvgIpc) is 2.98. The SMILES string of the molecule is CC1=CC(c2ccccc2)n2c1cc1ccccc12. The fourth-order valence-electron chi connectivity index (χ4n) is 3.07. The highest BCUT2D eigenvalue weighted by Crippen LogP contribution is 2.38. The van der Waals surface area contributed by atoms with E-state index in [1.165, 1.54) is 27.7 Å². The number of aromatic nitrogens is 1. The maximum Gasteiger partial charge on any atom is 0.0782 e. The van der Waals surface area contributed by atoms with E-state index in [9.17, 15) is 0 Å². The number of benzene rings is 2. The Morgan fingerprint density at radius 1 is 0.895 bits per heavy atom. The zero-order valence-corrected chi connectivity index (χ0v) is 10.9. The molecule has 3 aromatic rings. The van der Waals surface area contributed by atoms with Crippen LogP contribution in [-0.4, -0.2) is 4.57 Å². The number of hydrogen-bond donors (Lipinski definition) is 0. The first-order chi connectivity index (χ1) is 9.34. The molecule has 4 rings (SSSR count). The summed E-state index contributed by atoms with van der Waals surface area (Å²) in [5.74, 6) is 0. The highest BCUT2D eigenvalue weighted by Gasteiger charge is 2.23. The predicted molar refractivity (Wildman–Crippen MR) is 80.2 cm³/mol. The molecule has 1 atom stereocenters. The number of nitrogens with zero attached hydrogens (tertiary/aromatic N) is 1. The molecule has 0 saturated carbocycles. The van der Waals surface area contributed by atoms with Crippen LogP contribution in [0.15, 0.2) is 66.7 Å². The van der Waals surface area contributed by atoms with Crippen molar-refractivity contribution in [1.29, 1.82) is 0 Å². The molecule has 1 aliphatic rings. The summed E-state index contributed by atoms with van der Waals surface area (Å²) >= 11 is 0. The summed E-state index contributed by atoms with van der Waals surface area (Å²) in [6, 6.07) is 22.0. The maximum absolute atomic E-state index is 2.44. The number of hydrogen-bond acceptors (Lipinski definition) is 0. The molecule has 0 fully saturated rings. The Bertz CT molecular complexity index is 778. The van der Waals surface area contributed by atoms with Gasteiger partial charge in [0.1, 0.15) is 0 Å². The van der Waals surface area contributed by atoms with Crippen LogP contribution in [0.4, 0.5) is 0 Å². The van der Waals surface area contributed by atoms with Gasteiger partial charge in [-0.2, -0.15) is 0 Å². The lowest BCUT2D eigenvalue weighted by molar-refractivity contribution is 0.746. The molecular formula is C18H15N. The van der Waals surface area contributed by atoms with Gasteiger partial charge in [0.2, 0.25) is 0 Å². The first kappa shape index (κ1) is 10.6. The van der Waals surface area contributed by atoms with E-state index < -0.39 is 0 Å². The minimum absolute atomic E-state index is 0.330. The van der Waals surface area contributed by atoms with E-state index in [0.29, 0.717) is 6.04 Å². The molecule has 1 aromatic heterocycles. The summed E-state index contributed by atoms with van der Waals surface area (Å²) in [4.78, 5) is 0. The molecule has 1 unspecified atom stereocenters. The summed E-state index contributed by atoms with van der Waals surface area (Å²) in [5, 5.41) is 1.32. The Kier molecular flexibility index (Phi) is 2.16. The molecule has 0 bridgehead atoms. The van der Waals surface area contributed by atoms with Gasteiger partial charge < -0.3 is 4.57 Å². The van der Waals surface area contributed by atoms with Crippen molar-refractivity contribution in [2.24, 2.45) is 0 Å². The Hall–Kier alpha value is -2.28. The third-order valence-corrected chi connectivity index (χ3v) is 3.98. The monoisotopic (exact) mass is 245 g/mol. The van der Waals surface area contributed by atoms with Crippen LogP contribution < -0.4 is 0 Å². The second kappa shape index (κ2) is 3.86. The Morgan fingerprint density at radius 3 is 2.47 bits per heavy atom. The Balaban J connectivity index is 2.00. The van der Waals surface area contributed by atoms with Crippen molar-refractivity contribution in [1.82, 2.24) is 4.57 Å². The van der Waals surface area contributed by atoms with Gasteiger partial charge in [0.15, 0.2) is 0 Å². The fourth-order valence-corrected chi connectivity index (χ4v) is 3.07. The fraction of sp³-hybridized carbons (Fsp3) is 0.111. The lowest BCUT2D eigenvalue weighted by Gasteiger charge is -2.14. The third-order valence-electron chi connectivity index (χ3n) is 3.98. The first-order valence-electron chi connectivity index (χ1n) is 6.68. The van der Waals surface area contributed by atoms with Gasteiger partial charge >= 0.3 is 0 Å². The van der Waals surface area contributed by atoms with Gasteiger partial charge in [0.05, 0.1) is 6.04 Å². The maximum atomic E-state index is 2.44. The molecule has 92 valence electrons. The van der Waals surface area contributed by atoms with Crippen LogP contribution in [0.5, 0.6) is 0 Å². The van der Waals surface area contributed by atoms with Gasteiger partial charge in [-0.05, 0) is 30.2 Å². The molecule has 0 amide bonds. The van der Waals surface area contributed by atoms with Gasteiger partial charge in [0, 0.05) is 16.6 Å². The van der Waals surface area contributed by atoms with Crippen LogP contribution in [-0.2, 0) is 0 Å². The first-order valence-corrected chi connectivity index (χ1v) is 6.68. The average molecular weight is 245 g/mol. The quantitative estimate of drug-likeness (QED) is 0.588. The Labute approximate surface area is 112 Å². The standard InChI is InChI=1S/C18H15N/c1-13-11-18(14-7-3-2-4-8-14)19-16-10-6-5-9-15(16)12-17(13)19/h2-12,18H,1H3. The van der Waals surface area contributed by atoms with Crippen molar-refractivity contribution in [3.8, 4) is 0 Å². The molecule has 0 radical (unpaired) electrons. The molecule has 0 aliphatic carbocycles. The highest BCUT2D eigenvalue weighted by atomic mass is 15.0. The van der Waals surface area contributed by atoms with Crippen LogP contribution in [0.2, 0.25) is 0 Å². The molecule has 0 spiro atoms. The van der Waals surface area contributed by atoms with Crippen molar-refractivity contribution >= 4 is 16.5 Å². The number of allylic oxidation sites excluding steroid dienone is 2. The molecule has 0 saturated heterocycles. The second-order valence-corrected chi connectivity index (χ2v) is 5.16. The zero-order chi connectivity index (χ0) is 12.8. The van der Waals surface area contributed by atoms with Crippen LogP contribution in [0.25, 0.3) is 16.5 Å². The van der Waals surface area contributed by atoms with Gasteiger partial charge in [-0.15, -0.1) is 0 Å². The normalized spacial score (nSPS) is 17.5. The van der Waals surface area contributed by atoms with Crippen molar-refractivity contribution in [2.45, 2.75) is 13.0 Å². The number of fused-ring (bicyclic) bond motifs is 3. The molecular weight excluding hydrogens is 230 g/mol. The molecule has 0 N–H and O–H groups in total. The molecule has 19 heavy (non-hydrogen) atoms. The smallest absolute Gasteiger partial charge is 0.0782 e. The summed E-state index contributed by atoms with van der Waals surface area (Å²) in [7, 11) is 0. The predicted octanol–water partition coefficient (Wildman–Crippen LogP) is 4.65. The summed E-state index contributed by atoms with van der Waals surface area (Å²) in [6.45, 7) is 2.20. The molecule has 1 aliphatic heterocycles. The second-order valence-electron chi connectivity index (χ2n) is 5.16. The van der Waals surface area contributed by atoms with E-state index in [2.05, 4.69) is 78.2 Å². The van der Waals surface area contributed by atoms with Crippen LogP contribution in [0, 0.1) is 0 Å². The van der Waals surface area contributed by atoms with Crippen molar-refractivity contribution < 1.29 is 0 Å². The number of rotatable bonds is 1. The van der Waals surface area contributed by atoms with E-state index in [-0.39, 0.29) is 0 Å². The van der Waals surface area contributed by atoms with Crippen molar-refractivity contribution in [2.75, 3.05) is 0 Å². The van der Waals surface area contributed by atoms with Gasteiger partial charge in [-0.3, -0.25) is 0 Å². The van der Waals surface area contributed by atoms with E-state index in [4.69, 9.17) is 0 Å². The number of para-hydroxylation sites is 1. The molecule has 2 aromatic carbocycles. The minimum Gasteiger partial charge on any atom is -0.330 e. The summed E-state index contributed by atoms with van der Waals surface area (Å²) < 4.78 is 2.44. The van der Waals surface area contributed by atoms with Crippen molar-refractivity contribution in [3.63, 3.8) is 0 Å². The van der Waals surface area contributed by atoms with Gasteiger partial charge in [-0.25, -0.2) is 0 Å². The summed E-state index contributed by atoms with van der Waals surface area (Å²) in [6.07, 6.45) is 2.36. The topological polar surface area (TPSA) is 4.93 Å². The van der Waals surface area contributed by atoms with E-state index in [0.717, 1.165) is 0 Å². The summed E-state index contributed by atoms with van der Waals surface area (Å²) in [5.41, 5.74) is 5.38. The minimum atomic E-state index is 0.330. The highest BCUT2D eigenvalue weighted by molar-refractivity contribution is 5.87. The van der Waals surface area contributed by atoms with E-state index in [1.54, 1.807) is 0 Å². The van der Waals surface area contributed by atoms with Crippen molar-refractivity contribution in [3.05, 3.63) is 78.0 Å². The zero-order valence-electron chi connectivity index (χ0n) is 10.9. The molecule has 2 heterocycles. The Morgan fingerprint density at radius 2 is 1.63 bits per heavy atom. The van der Waals surface area contributed by atoms with Gasteiger partial charge in [0.25, 0.3) is 0 Å². The largest absolute Gasteiger partial charge is 0.330 e. The van der Waals surface area contributed by atoms with Gasteiger partial charge in [-0.1, -0.05) is 54.6 Å². The van der Waals surface area contributed by atoms with Crippen LogP contribution in [0.1, 0.15) is 24.2 Å². The van der Waals surface area contributed by atoms with Crippen LogP contribution in [0.3, 0.4) is 0 Å². The van der Waals surface area contributed by atoms with E-state index in [1.807, 2.05) is 0 Å². The lowest BCUT2D eigenvalue weighted by atomic mass is 10.1. The van der Waals surface area contributed by atoms with E-state index >= 15 is 0 Å². The lowest BCUT2D eigenvalue weighted by Crippen LogP contribution is -2.04.